The number of para-hydroxylation sites is 1. The second kappa shape index (κ2) is 3.07. The zero-order valence-electron chi connectivity index (χ0n) is 8.49. The van der Waals surface area contributed by atoms with Crippen LogP contribution >= 0.6 is 0 Å². The Morgan fingerprint density at radius 2 is 2.13 bits per heavy atom. The fraction of sp³-hybridized carbons (Fsp3) is 0.0833. The number of allylic oxidation sites excluding steroid dienone is 1. The number of quaternary nitrogens is 1. The van der Waals surface area contributed by atoms with E-state index in [1.165, 1.54) is 16.5 Å². The van der Waals surface area contributed by atoms with Crippen LogP contribution in [0.4, 0.5) is 5.82 Å². The zero-order valence-corrected chi connectivity index (χ0v) is 8.49. The van der Waals surface area contributed by atoms with E-state index < -0.39 is 0 Å². The van der Waals surface area contributed by atoms with Gasteiger partial charge in [0, 0.05) is 17.0 Å². The van der Waals surface area contributed by atoms with Crippen LogP contribution in [0.5, 0.6) is 0 Å². The van der Waals surface area contributed by atoms with Crippen molar-refractivity contribution in [3.05, 3.63) is 42.1 Å². The Morgan fingerprint density at radius 1 is 1.27 bits per heavy atom. The predicted octanol–water partition coefficient (Wildman–Crippen LogP) is 1.51. The molecule has 0 amide bonds. The minimum atomic E-state index is 1.02. The summed E-state index contributed by atoms with van der Waals surface area (Å²) in [5, 5.41) is 6.60. The monoisotopic (exact) mass is 198 g/mol. The van der Waals surface area contributed by atoms with E-state index in [-0.39, 0.29) is 0 Å². The number of nitrogens with zero attached hydrogens (tertiary/aromatic N) is 1. The molecule has 15 heavy (non-hydrogen) atoms. The number of benzene rings is 1. The number of H-pyrrole nitrogens is 1. The molecule has 2 N–H and O–H groups in total. The highest BCUT2D eigenvalue weighted by atomic mass is 15.5. The summed E-state index contributed by atoms with van der Waals surface area (Å²) >= 11 is 0. The number of hydrogen-bond acceptors (Lipinski definition) is 1. The van der Waals surface area contributed by atoms with Gasteiger partial charge in [0.1, 0.15) is 6.20 Å². The van der Waals surface area contributed by atoms with Crippen LogP contribution in [0, 0.1) is 6.92 Å². The predicted molar refractivity (Wildman–Crippen MR) is 61.3 cm³/mol. The van der Waals surface area contributed by atoms with Gasteiger partial charge in [0.05, 0.1) is 11.7 Å². The first-order chi connectivity index (χ1) is 7.36. The quantitative estimate of drug-likeness (QED) is 0.696. The normalized spacial score (nSPS) is 19.1. The molecule has 0 radical (unpaired) electrons. The topological polar surface area (TPSA) is 32.6 Å². The third-order valence-electron chi connectivity index (χ3n) is 2.78. The van der Waals surface area contributed by atoms with Crippen molar-refractivity contribution >= 4 is 22.9 Å². The SMILES string of the molecule is Cc1c([NH+]2C=CC=N2)[nH]c2ccccc12. The lowest BCUT2D eigenvalue weighted by molar-refractivity contribution is -0.781. The molecule has 1 unspecified atom stereocenters. The van der Waals surface area contributed by atoms with E-state index in [0.29, 0.717) is 0 Å². The van der Waals surface area contributed by atoms with Gasteiger partial charge in [-0.25, -0.2) is 0 Å². The number of aromatic amines is 1. The fourth-order valence-electron chi connectivity index (χ4n) is 1.99. The van der Waals surface area contributed by atoms with Crippen LogP contribution in [-0.4, -0.2) is 11.2 Å². The van der Waals surface area contributed by atoms with Crippen LogP contribution in [-0.2, 0) is 0 Å². The maximum atomic E-state index is 4.31. The molecule has 3 nitrogen and oxygen atoms in total. The highest BCUT2D eigenvalue weighted by molar-refractivity contribution is 5.86. The van der Waals surface area contributed by atoms with Crippen LogP contribution in [0.2, 0.25) is 0 Å². The number of nitrogens with one attached hydrogen (secondary N) is 2. The van der Waals surface area contributed by atoms with Crippen molar-refractivity contribution in [3.63, 3.8) is 0 Å². The van der Waals surface area contributed by atoms with E-state index in [0.717, 1.165) is 10.8 Å². The van der Waals surface area contributed by atoms with E-state index >= 15 is 0 Å². The van der Waals surface area contributed by atoms with Gasteiger partial charge >= 0.3 is 0 Å². The Bertz CT molecular complexity index is 551. The van der Waals surface area contributed by atoms with Gasteiger partial charge in [0.25, 0.3) is 0 Å². The maximum Gasteiger partial charge on any atom is 0.239 e. The van der Waals surface area contributed by atoms with Gasteiger partial charge in [0.15, 0.2) is 0 Å². The molecule has 1 aromatic heterocycles. The molecule has 0 saturated carbocycles. The highest BCUT2D eigenvalue weighted by Gasteiger charge is 2.18. The zero-order chi connectivity index (χ0) is 10.3. The highest BCUT2D eigenvalue weighted by Crippen LogP contribution is 2.22. The van der Waals surface area contributed by atoms with Gasteiger partial charge < -0.3 is 4.98 Å². The molecule has 0 bridgehead atoms. The van der Waals surface area contributed by atoms with E-state index in [2.05, 4.69) is 35.2 Å². The molecule has 0 saturated heterocycles. The summed E-state index contributed by atoms with van der Waals surface area (Å²) in [6.45, 7) is 2.13. The van der Waals surface area contributed by atoms with Crippen LogP contribution in [0.25, 0.3) is 10.9 Å². The molecule has 3 rings (SSSR count). The Morgan fingerprint density at radius 3 is 2.87 bits per heavy atom. The van der Waals surface area contributed by atoms with E-state index in [1.54, 1.807) is 0 Å². The summed E-state index contributed by atoms with van der Waals surface area (Å²) in [5.41, 5.74) is 2.44. The molecule has 1 aliphatic heterocycles. The summed E-state index contributed by atoms with van der Waals surface area (Å²) in [5.74, 6) is 1.13. The molecular formula is C12H12N3+. The first-order valence-electron chi connectivity index (χ1n) is 5.01. The first kappa shape index (κ1) is 8.44. The largest absolute Gasteiger partial charge is 0.308 e. The number of hydrogen-bond donors (Lipinski definition) is 2. The smallest absolute Gasteiger partial charge is 0.239 e. The Hall–Kier alpha value is -1.87. The van der Waals surface area contributed by atoms with Crippen LogP contribution in [0.15, 0.2) is 41.6 Å². The van der Waals surface area contributed by atoms with Gasteiger partial charge in [-0.3, -0.25) is 0 Å². The van der Waals surface area contributed by atoms with Crippen molar-refractivity contribution < 1.29 is 5.01 Å². The molecule has 3 heteroatoms. The molecule has 0 fully saturated rings. The van der Waals surface area contributed by atoms with Crippen molar-refractivity contribution in [2.45, 2.75) is 6.92 Å². The van der Waals surface area contributed by atoms with Crippen molar-refractivity contribution in [1.29, 1.82) is 0 Å². The fourth-order valence-corrected chi connectivity index (χ4v) is 1.99. The molecule has 1 aromatic carbocycles. The average molecular weight is 198 g/mol. The number of fused-ring (bicyclic) bond motifs is 1. The van der Waals surface area contributed by atoms with Gasteiger partial charge in [-0.1, -0.05) is 23.3 Å². The minimum absolute atomic E-state index is 1.02. The standard InChI is InChI=1S/C12H11N3/c1-9-10-5-2-3-6-11(10)14-12(9)15-8-4-7-13-15/h2-8,14H,1H3/p+1. The maximum absolute atomic E-state index is 4.31. The molecule has 1 atom stereocenters. The van der Waals surface area contributed by atoms with E-state index in [4.69, 9.17) is 0 Å². The molecule has 2 aromatic rings. The van der Waals surface area contributed by atoms with Crippen LogP contribution < -0.4 is 5.01 Å². The number of aryl methyl sites for hydroxylation is 1. The van der Waals surface area contributed by atoms with Crippen molar-refractivity contribution in [2.24, 2.45) is 5.10 Å². The Kier molecular flexibility index (Phi) is 1.73. The molecule has 0 spiro atoms. The second-order valence-electron chi connectivity index (χ2n) is 3.69. The molecule has 1 aliphatic rings. The average Bonchev–Trinajstić information content (AvgIpc) is 2.87. The molecule has 2 heterocycles. The molecule has 0 aliphatic carbocycles. The number of rotatable bonds is 1. The molecular weight excluding hydrogens is 186 g/mol. The summed E-state index contributed by atoms with van der Waals surface area (Å²) in [6.07, 6.45) is 5.80. The third kappa shape index (κ3) is 1.21. The van der Waals surface area contributed by atoms with Gasteiger partial charge in [-0.2, -0.15) is 0 Å². The Balaban J connectivity index is 2.23. The van der Waals surface area contributed by atoms with Gasteiger partial charge in [-0.05, 0) is 13.0 Å². The number of aromatic nitrogens is 1. The minimum Gasteiger partial charge on any atom is -0.308 e. The van der Waals surface area contributed by atoms with E-state index in [9.17, 15) is 0 Å². The van der Waals surface area contributed by atoms with Crippen molar-refractivity contribution in [2.75, 3.05) is 0 Å². The summed E-state index contributed by atoms with van der Waals surface area (Å²) < 4.78 is 0. The summed E-state index contributed by atoms with van der Waals surface area (Å²) in [7, 11) is 0. The second-order valence-corrected chi connectivity index (χ2v) is 3.69. The van der Waals surface area contributed by atoms with Crippen molar-refractivity contribution in [1.82, 2.24) is 4.98 Å². The van der Waals surface area contributed by atoms with Gasteiger partial charge in [0.2, 0.25) is 5.82 Å². The first-order valence-corrected chi connectivity index (χ1v) is 5.01. The Labute approximate surface area is 87.7 Å². The van der Waals surface area contributed by atoms with Crippen LogP contribution in [0.1, 0.15) is 5.56 Å². The summed E-state index contributed by atoms with van der Waals surface area (Å²) in [4.78, 5) is 3.40. The van der Waals surface area contributed by atoms with Crippen molar-refractivity contribution in [3.8, 4) is 0 Å². The molecule has 74 valence electrons. The van der Waals surface area contributed by atoms with Gasteiger partial charge in [-0.15, -0.1) is 5.01 Å². The lowest BCUT2D eigenvalue weighted by Gasteiger charge is -2.01. The van der Waals surface area contributed by atoms with E-state index in [1.807, 2.05) is 24.6 Å². The third-order valence-corrected chi connectivity index (χ3v) is 2.78. The lowest BCUT2D eigenvalue weighted by Crippen LogP contribution is -2.96. The summed E-state index contributed by atoms with van der Waals surface area (Å²) in [6, 6.07) is 8.33. The van der Waals surface area contributed by atoms with Crippen LogP contribution in [0.3, 0.4) is 0 Å². The lowest BCUT2D eigenvalue weighted by atomic mass is 10.2.